The number of sulfone groups is 1. The predicted molar refractivity (Wildman–Crippen MR) is 69.3 cm³/mol. The monoisotopic (exact) mass is 288 g/mol. The van der Waals surface area contributed by atoms with Gasteiger partial charge in [-0.25, -0.2) is 13.4 Å². The fourth-order valence-corrected chi connectivity index (χ4v) is 4.28. The van der Waals surface area contributed by atoms with Gasteiger partial charge in [0.1, 0.15) is 5.75 Å². The van der Waals surface area contributed by atoms with E-state index in [-0.39, 0.29) is 10.2 Å². The molecule has 1 aromatic heterocycles. The zero-order chi connectivity index (χ0) is 13.2. The van der Waals surface area contributed by atoms with Gasteiger partial charge in [0.2, 0.25) is 20.1 Å². The molecule has 0 unspecified atom stereocenters. The van der Waals surface area contributed by atoms with Gasteiger partial charge in [-0.05, 0) is 26.2 Å². The summed E-state index contributed by atoms with van der Waals surface area (Å²) in [5.74, 6) is -0.762. The van der Waals surface area contributed by atoms with E-state index in [1.165, 1.54) is 0 Å². The third-order valence-corrected chi connectivity index (χ3v) is 5.94. The minimum Gasteiger partial charge on any atom is -0.342 e. The number of aryl methyl sites for hydroxylation is 1. The van der Waals surface area contributed by atoms with Crippen LogP contribution >= 0.6 is 11.3 Å². The Morgan fingerprint density at radius 1 is 1.39 bits per heavy atom. The molecule has 1 aliphatic rings. The molecule has 18 heavy (non-hydrogen) atoms. The van der Waals surface area contributed by atoms with Gasteiger partial charge in [-0.3, -0.25) is 4.79 Å². The van der Waals surface area contributed by atoms with E-state index in [1.54, 1.807) is 17.2 Å². The summed E-state index contributed by atoms with van der Waals surface area (Å²) in [7, 11) is -3.57. The average Bonchev–Trinajstić information content (AvgIpc) is 2.77. The molecular formula is C11H16N2O3S2. The zero-order valence-electron chi connectivity index (χ0n) is 10.3. The van der Waals surface area contributed by atoms with E-state index in [0.29, 0.717) is 18.8 Å². The smallest absolute Gasteiger partial charge is 0.238 e. The Hall–Kier alpha value is -0.950. The molecule has 1 aromatic rings. The third-order valence-electron chi connectivity index (χ3n) is 2.89. The number of rotatable bonds is 3. The first-order valence-electron chi connectivity index (χ1n) is 5.92. The maximum absolute atomic E-state index is 12.0. The number of amides is 1. The largest absolute Gasteiger partial charge is 0.342 e. The number of likely N-dealkylation sites (tertiary alicyclic amines) is 1. The molecule has 5 nitrogen and oxygen atoms in total. The van der Waals surface area contributed by atoms with Gasteiger partial charge >= 0.3 is 0 Å². The molecule has 100 valence electrons. The zero-order valence-corrected chi connectivity index (χ0v) is 11.9. The second kappa shape index (κ2) is 5.36. The van der Waals surface area contributed by atoms with Crippen molar-refractivity contribution in [3.63, 3.8) is 0 Å². The molecule has 0 bridgehead atoms. The molecule has 1 fully saturated rings. The molecule has 0 spiro atoms. The Bertz CT molecular complexity index is 530. The van der Waals surface area contributed by atoms with E-state index in [1.807, 2.05) is 0 Å². The molecule has 0 radical (unpaired) electrons. The molecular weight excluding hydrogens is 272 g/mol. The van der Waals surface area contributed by atoms with Crippen molar-refractivity contribution in [3.8, 4) is 0 Å². The quantitative estimate of drug-likeness (QED) is 0.839. The highest BCUT2D eigenvalue weighted by Gasteiger charge is 2.26. The fourth-order valence-electron chi connectivity index (χ4n) is 1.93. The van der Waals surface area contributed by atoms with Gasteiger partial charge < -0.3 is 4.90 Å². The van der Waals surface area contributed by atoms with Gasteiger partial charge in [-0.15, -0.1) is 11.3 Å². The maximum Gasteiger partial charge on any atom is 0.238 e. The average molecular weight is 288 g/mol. The second-order valence-electron chi connectivity index (χ2n) is 4.46. The maximum atomic E-state index is 12.0. The number of piperidine rings is 1. The lowest BCUT2D eigenvalue weighted by Gasteiger charge is -2.26. The molecule has 0 saturated carbocycles. The second-order valence-corrected chi connectivity index (χ2v) is 7.48. The predicted octanol–water partition coefficient (Wildman–Crippen LogP) is 1.24. The van der Waals surface area contributed by atoms with Gasteiger partial charge in [-0.2, -0.15) is 0 Å². The molecule has 1 aliphatic heterocycles. The van der Waals surface area contributed by atoms with Crippen molar-refractivity contribution in [1.82, 2.24) is 9.88 Å². The van der Waals surface area contributed by atoms with E-state index in [0.717, 1.165) is 30.6 Å². The van der Waals surface area contributed by atoms with Crippen LogP contribution < -0.4 is 0 Å². The first-order chi connectivity index (χ1) is 8.49. The van der Waals surface area contributed by atoms with Crippen LogP contribution in [0.15, 0.2) is 9.72 Å². The lowest BCUT2D eigenvalue weighted by Crippen LogP contribution is -2.39. The summed E-state index contributed by atoms with van der Waals surface area (Å²) in [6, 6.07) is 0. The highest BCUT2D eigenvalue weighted by atomic mass is 32.2. The van der Waals surface area contributed by atoms with Crippen LogP contribution in [0.2, 0.25) is 0 Å². The van der Waals surface area contributed by atoms with Crippen LogP contribution in [-0.2, 0) is 14.6 Å². The Morgan fingerprint density at radius 2 is 2.06 bits per heavy atom. The number of nitrogens with zero attached hydrogens (tertiary/aromatic N) is 2. The third kappa shape index (κ3) is 3.08. The van der Waals surface area contributed by atoms with E-state index >= 15 is 0 Å². The number of hydrogen-bond donors (Lipinski definition) is 0. The normalized spacial score (nSPS) is 16.8. The van der Waals surface area contributed by atoms with Gasteiger partial charge in [0.05, 0.1) is 0 Å². The summed E-state index contributed by atoms with van der Waals surface area (Å²) in [5.41, 5.74) is 0.670. The molecule has 0 atom stereocenters. The Kier molecular flexibility index (Phi) is 4.01. The van der Waals surface area contributed by atoms with Crippen molar-refractivity contribution in [2.75, 3.05) is 18.8 Å². The van der Waals surface area contributed by atoms with E-state index in [9.17, 15) is 13.2 Å². The van der Waals surface area contributed by atoms with E-state index in [4.69, 9.17) is 0 Å². The SMILES string of the molecule is Cc1csc(S(=O)(=O)CC(=O)N2CCCCC2)n1. The molecule has 1 saturated heterocycles. The van der Waals surface area contributed by atoms with Gasteiger partial charge in [0.15, 0.2) is 0 Å². The van der Waals surface area contributed by atoms with Crippen molar-refractivity contribution in [1.29, 1.82) is 0 Å². The number of thiazole rings is 1. The lowest BCUT2D eigenvalue weighted by molar-refractivity contribution is -0.129. The van der Waals surface area contributed by atoms with Crippen LogP contribution in [0, 0.1) is 6.92 Å². The minimum absolute atomic E-state index is 0.0466. The topological polar surface area (TPSA) is 67.3 Å². The first kappa shape index (κ1) is 13.5. The molecule has 7 heteroatoms. The van der Waals surface area contributed by atoms with Crippen molar-refractivity contribution in [3.05, 3.63) is 11.1 Å². The van der Waals surface area contributed by atoms with E-state index in [2.05, 4.69) is 4.98 Å². The lowest BCUT2D eigenvalue weighted by atomic mass is 10.1. The van der Waals surface area contributed by atoms with Crippen molar-refractivity contribution in [2.45, 2.75) is 30.5 Å². The Labute approximate surface area is 111 Å². The number of carbonyl (C=O) groups excluding carboxylic acids is 1. The summed E-state index contributed by atoms with van der Waals surface area (Å²) < 4.78 is 24.0. The molecule has 0 aromatic carbocycles. The van der Waals surface area contributed by atoms with Crippen LogP contribution in [0.5, 0.6) is 0 Å². The number of carbonyl (C=O) groups is 1. The summed E-state index contributed by atoms with van der Waals surface area (Å²) in [4.78, 5) is 17.5. The highest BCUT2D eigenvalue weighted by molar-refractivity contribution is 7.93. The number of hydrogen-bond acceptors (Lipinski definition) is 5. The Balaban J connectivity index is 2.06. The molecule has 1 amide bonds. The van der Waals surface area contributed by atoms with Crippen LogP contribution in [0.1, 0.15) is 25.0 Å². The number of aromatic nitrogens is 1. The standard InChI is InChI=1S/C11H16N2O3S2/c1-9-7-17-11(12-9)18(15,16)8-10(14)13-5-3-2-4-6-13/h7H,2-6,8H2,1H3. The van der Waals surface area contributed by atoms with Gasteiger partial charge in [-0.1, -0.05) is 0 Å². The molecule has 0 aliphatic carbocycles. The van der Waals surface area contributed by atoms with Crippen molar-refractivity contribution in [2.24, 2.45) is 0 Å². The van der Waals surface area contributed by atoms with Crippen LogP contribution in [0.25, 0.3) is 0 Å². The van der Waals surface area contributed by atoms with Gasteiger partial charge in [0, 0.05) is 24.2 Å². The van der Waals surface area contributed by atoms with Gasteiger partial charge in [0.25, 0.3) is 0 Å². The van der Waals surface area contributed by atoms with Crippen LogP contribution in [-0.4, -0.2) is 43.1 Å². The highest BCUT2D eigenvalue weighted by Crippen LogP contribution is 2.18. The van der Waals surface area contributed by atoms with Crippen LogP contribution in [0.4, 0.5) is 0 Å². The first-order valence-corrected chi connectivity index (χ1v) is 8.45. The minimum atomic E-state index is -3.57. The summed E-state index contributed by atoms with van der Waals surface area (Å²) in [6.07, 6.45) is 3.03. The Morgan fingerprint density at radius 3 is 2.61 bits per heavy atom. The molecule has 0 N–H and O–H groups in total. The fraction of sp³-hybridized carbons (Fsp3) is 0.636. The summed E-state index contributed by atoms with van der Waals surface area (Å²) in [6.45, 7) is 3.08. The molecule has 2 rings (SSSR count). The van der Waals surface area contributed by atoms with Crippen molar-refractivity contribution < 1.29 is 13.2 Å². The van der Waals surface area contributed by atoms with Crippen molar-refractivity contribution >= 4 is 27.1 Å². The van der Waals surface area contributed by atoms with E-state index < -0.39 is 15.6 Å². The summed E-state index contributed by atoms with van der Waals surface area (Å²) in [5, 5.41) is 1.68. The molecule has 2 heterocycles. The van der Waals surface area contributed by atoms with Crippen LogP contribution in [0.3, 0.4) is 0 Å². The summed E-state index contributed by atoms with van der Waals surface area (Å²) >= 11 is 1.08.